The Bertz CT molecular complexity index is 283. The molecule has 0 saturated heterocycles. The quantitative estimate of drug-likeness (QED) is 0.587. The molecule has 0 radical (unpaired) electrons. The van der Waals surface area contributed by atoms with Crippen LogP contribution in [0.1, 0.15) is 11.1 Å². The maximum absolute atomic E-state index is 5.70. The van der Waals surface area contributed by atoms with Gasteiger partial charge < -0.3 is 5.73 Å². The molecule has 0 aromatic carbocycles. The smallest absolute Gasteiger partial charge is 0.128 e. The molecule has 2 N–H and O–H groups in total. The molecule has 0 bridgehead atoms. The molecule has 1 aliphatic rings. The maximum atomic E-state index is 5.70. The van der Waals surface area contributed by atoms with Crippen molar-refractivity contribution in [2.45, 2.75) is 13.1 Å². The Kier molecular flexibility index (Phi) is 1.32. The molecule has 0 spiro atoms. The van der Waals surface area contributed by atoms with Gasteiger partial charge in [-0.1, -0.05) is 0 Å². The first-order valence-corrected chi connectivity index (χ1v) is 3.68. The number of fused-ring (bicyclic) bond motifs is 1. The second-order valence-corrected chi connectivity index (χ2v) is 3.01. The van der Waals surface area contributed by atoms with Crippen LogP contribution < -0.4 is 5.73 Å². The monoisotopic (exact) mass is 149 g/mol. The van der Waals surface area contributed by atoms with Crippen molar-refractivity contribution < 1.29 is 0 Å². The van der Waals surface area contributed by atoms with Crippen molar-refractivity contribution >= 4 is 5.82 Å². The predicted molar refractivity (Wildman–Crippen MR) is 43.8 cm³/mol. The summed E-state index contributed by atoms with van der Waals surface area (Å²) in [5.41, 5.74) is 8.22. The fourth-order valence-corrected chi connectivity index (χ4v) is 1.50. The molecule has 58 valence electrons. The van der Waals surface area contributed by atoms with Gasteiger partial charge in [0, 0.05) is 24.8 Å². The Balaban J connectivity index is 2.49. The number of rotatable bonds is 0. The second-order valence-electron chi connectivity index (χ2n) is 3.01. The first kappa shape index (κ1) is 6.61. The molecule has 1 aromatic heterocycles. The molecule has 2 rings (SSSR count). The molecule has 0 amide bonds. The van der Waals surface area contributed by atoms with Gasteiger partial charge in [0.25, 0.3) is 0 Å². The van der Waals surface area contributed by atoms with E-state index in [-0.39, 0.29) is 0 Å². The largest absolute Gasteiger partial charge is 0.383 e. The molecular formula is C8H11N3. The van der Waals surface area contributed by atoms with Crippen molar-refractivity contribution in [2.24, 2.45) is 0 Å². The van der Waals surface area contributed by atoms with Gasteiger partial charge >= 0.3 is 0 Å². The average Bonchev–Trinajstić information content (AvgIpc) is 2.31. The predicted octanol–water partition coefficient (Wildman–Crippen LogP) is 0.609. The van der Waals surface area contributed by atoms with Gasteiger partial charge in [-0.3, -0.25) is 4.90 Å². The SMILES string of the molecule is CN1Cc2ccnc(N)c2C1. The van der Waals surface area contributed by atoms with E-state index < -0.39 is 0 Å². The third-order valence-corrected chi connectivity index (χ3v) is 2.05. The molecular weight excluding hydrogens is 138 g/mol. The van der Waals surface area contributed by atoms with Crippen LogP contribution in [-0.4, -0.2) is 16.9 Å². The van der Waals surface area contributed by atoms with Crippen molar-refractivity contribution in [1.82, 2.24) is 9.88 Å². The Morgan fingerprint density at radius 1 is 1.55 bits per heavy atom. The van der Waals surface area contributed by atoms with E-state index in [1.165, 1.54) is 11.1 Å². The highest BCUT2D eigenvalue weighted by Gasteiger charge is 2.17. The van der Waals surface area contributed by atoms with Crippen LogP contribution in [0, 0.1) is 0 Å². The summed E-state index contributed by atoms with van der Waals surface area (Å²) in [6, 6.07) is 2.04. The number of nitrogens with two attached hydrogens (primary N) is 1. The number of hydrogen-bond donors (Lipinski definition) is 1. The van der Waals surface area contributed by atoms with Crippen molar-refractivity contribution in [3.63, 3.8) is 0 Å². The van der Waals surface area contributed by atoms with Gasteiger partial charge in [-0.15, -0.1) is 0 Å². The van der Waals surface area contributed by atoms with Crippen LogP contribution >= 0.6 is 0 Å². The van der Waals surface area contributed by atoms with Gasteiger partial charge in [0.15, 0.2) is 0 Å². The Morgan fingerprint density at radius 2 is 2.36 bits per heavy atom. The first-order chi connectivity index (χ1) is 5.27. The minimum Gasteiger partial charge on any atom is -0.383 e. The second kappa shape index (κ2) is 2.20. The van der Waals surface area contributed by atoms with E-state index in [1.807, 2.05) is 6.07 Å². The first-order valence-electron chi connectivity index (χ1n) is 3.68. The lowest BCUT2D eigenvalue weighted by Crippen LogP contribution is -2.08. The zero-order chi connectivity index (χ0) is 7.84. The molecule has 3 nitrogen and oxygen atoms in total. The number of anilines is 1. The van der Waals surface area contributed by atoms with Crippen LogP contribution in [0.15, 0.2) is 12.3 Å². The van der Waals surface area contributed by atoms with E-state index in [2.05, 4.69) is 16.9 Å². The van der Waals surface area contributed by atoms with Crippen LogP contribution in [-0.2, 0) is 13.1 Å². The standard InChI is InChI=1S/C8H11N3/c1-11-4-6-2-3-10-8(9)7(6)5-11/h2-3H,4-5H2,1H3,(H2,9,10). The number of nitrogen functional groups attached to an aromatic ring is 1. The zero-order valence-electron chi connectivity index (χ0n) is 6.54. The van der Waals surface area contributed by atoms with Crippen molar-refractivity contribution in [3.8, 4) is 0 Å². The van der Waals surface area contributed by atoms with Gasteiger partial charge in [-0.05, 0) is 18.7 Å². The molecule has 1 aromatic rings. The highest BCUT2D eigenvalue weighted by molar-refractivity contribution is 5.46. The Labute approximate surface area is 65.8 Å². The fraction of sp³-hybridized carbons (Fsp3) is 0.375. The summed E-state index contributed by atoms with van der Waals surface area (Å²) in [7, 11) is 2.08. The van der Waals surface area contributed by atoms with Crippen LogP contribution in [0.2, 0.25) is 0 Å². The lowest BCUT2D eigenvalue weighted by Gasteiger charge is -2.03. The summed E-state index contributed by atoms with van der Waals surface area (Å²) in [5, 5.41) is 0. The summed E-state index contributed by atoms with van der Waals surface area (Å²) in [5.74, 6) is 0.687. The van der Waals surface area contributed by atoms with E-state index in [0.717, 1.165) is 13.1 Å². The number of nitrogens with zero attached hydrogens (tertiary/aromatic N) is 2. The normalized spacial score (nSPS) is 16.8. The fourth-order valence-electron chi connectivity index (χ4n) is 1.50. The number of hydrogen-bond acceptors (Lipinski definition) is 3. The summed E-state index contributed by atoms with van der Waals surface area (Å²) in [6.45, 7) is 1.94. The summed E-state index contributed by atoms with van der Waals surface area (Å²) >= 11 is 0. The Morgan fingerprint density at radius 3 is 3.09 bits per heavy atom. The van der Waals surface area contributed by atoms with Crippen LogP contribution in [0.4, 0.5) is 5.82 Å². The van der Waals surface area contributed by atoms with Gasteiger partial charge in [0.05, 0.1) is 0 Å². The maximum Gasteiger partial charge on any atom is 0.128 e. The number of aromatic nitrogens is 1. The minimum atomic E-state index is 0.687. The Hall–Kier alpha value is -1.09. The topological polar surface area (TPSA) is 42.2 Å². The zero-order valence-corrected chi connectivity index (χ0v) is 6.54. The van der Waals surface area contributed by atoms with E-state index in [0.29, 0.717) is 5.82 Å². The van der Waals surface area contributed by atoms with Crippen molar-refractivity contribution in [1.29, 1.82) is 0 Å². The number of pyridine rings is 1. The molecule has 0 aliphatic carbocycles. The van der Waals surface area contributed by atoms with E-state index in [9.17, 15) is 0 Å². The highest BCUT2D eigenvalue weighted by atomic mass is 15.1. The summed E-state index contributed by atoms with van der Waals surface area (Å²) in [6.07, 6.45) is 1.77. The lowest BCUT2D eigenvalue weighted by atomic mass is 10.2. The van der Waals surface area contributed by atoms with E-state index >= 15 is 0 Å². The van der Waals surface area contributed by atoms with E-state index in [4.69, 9.17) is 5.73 Å². The minimum absolute atomic E-state index is 0.687. The lowest BCUT2D eigenvalue weighted by molar-refractivity contribution is 0.353. The highest BCUT2D eigenvalue weighted by Crippen LogP contribution is 2.23. The van der Waals surface area contributed by atoms with Crippen molar-refractivity contribution in [3.05, 3.63) is 23.4 Å². The van der Waals surface area contributed by atoms with Gasteiger partial charge in [-0.2, -0.15) is 0 Å². The van der Waals surface area contributed by atoms with Crippen LogP contribution in [0.5, 0.6) is 0 Å². The van der Waals surface area contributed by atoms with Gasteiger partial charge in [-0.25, -0.2) is 4.98 Å². The van der Waals surface area contributed by atoms with Gasteiger partial charge in [0.2, 0.25) is 0 Å². The molecule has 2 heterocycles. The van der Waals surface area contributed by atoms with Gasteiger partial charge in [0.1, 0.15) is 5.82 Å². The molecule has 1 aliphatic heterocycles. The molecule has 0 fully saturated rings. The average molecular weight is 149 g/mol. The summed E-state index contributed by atoms with van der Waals surface area (Å²) in [4.78, 5) is 6.26. The van der Waals surface area contributed by atoms with Crippen molar-refractivity contribution in [2.75, 3.05) is 12.8 Å². The molecule has 3 heteroatoms. The molecule has 0 saturated carbocycles. The third kappa shape index (κ3) is 0.973. The summed E-state index contributed by atoms with van der Waals surface area (Å²) < 4.78 is 0. The molecule has 0 atom stereocenters. The molecule has 0 unspecified atom stereocenters. The van der Waals surface area contributed by atoms with Crippen LogP contribution in [0.25, 0.3) is 0 Å². The van der Waals surface area contributed by atoms with Crippen LogP contribution in [0.3, 0.4) is 0 Å². The molecule has 11 heavy (non-hydrogen) atoms. The third-order valence-electron chi connectivity index (χ3n) is 2.05. The van der Waals surface area contributed by atoms with E-state index in [1.54, 1.807) is 6.20 Å².